The van der Waals surface area contributed by atoms with Gasteiger partial charge in [0.15, 0.2) is 11.5 Å². The second-order valence-electron chi connectivity index (χ2n) is 5.73. The lowest BCUT2D eigenvalue weighted by Gasteiger charge is -2.14. The Morgan fingerprint density at radius 3 is 2.48 bits per heavy atom. The van der Waals surface area contributed by atoms with Gasteiger partial charge in [0, 0.05) is 5.56 Å². The van der Waals surface area contributed by atoms with Crippen LogP contribution in [0.4, 0.5) is 0 Å². The molecule has 0 bridgehead atoms. The third-order valence-electron chi connectivity index (χ3n) is 3.92. The number of para-hydroxylation sites is 1. The molecule has 2 aromatic rings. The number of carboxylic acid groups (broad SMARTS) is 1. The number of aryl methyl sites for hydroxylation is 1. The van der Waals surface area contributed by atoms with Crippen molar-refractivity contribution in [2.45, 2.75) is 32.6 Å². The minimum Gasteiger partial charge on any atom is -0.507 e. The lowest BCUT2D eigenvalue weighted by Crippen LogP contribution is -2.05. The van der Waals surface area contributed by atoms with Crippen molar-refractivity contribution in [1.29, 1.82) is 0 Å². The molecule has 0 radical (unpaired) electrons. The number of phenols is 3. The van der Waals surface area contributed by atoms with Gasteiger partial charge in [-0.05, 0) is 43.0 Å². The molecule has 25 heavy (non-hydrogen) atoms. The van der Waals surface area contributed by atoms with Gasteiger partial charge in [0.05, 0.1) is 6.61 Å². The molecule has 0 heterocycles. The van der Waals surface area contributed by atoms with Crippen molar-refractivity contribution >= 4 is 5.97 Å². The Labute approximate surface area is 145 Å². The second-order valence-corrected chi connectivity index (χ2v) is 5.73. The standard InChI is InChI=1S/C19H22O6/c1-2-5-13-16(10-9-14(18(13)22)19(23)24)25-11-4-7-12-6-3-8-15(20)17(12)21/h3,6,8-10,20-22H,2,4-5,7,11H2,1H3,(H,23,24). The van der Waals surface area contributed by atoms with Crippen molar-refractivity contribution in [2.24, 2.45) is 0 Å². The highest BCUT2D eigenvalue weighted by Gasteiger charge is 2.17. The SMILES string of the molecule is CCCc1c(OCCCc2cccc(O)c2O)ccc(C(=O)O)c1O. The number of phenolic OH excluding ortho intramolecular Hbond substituents is 2. The fraction of sp³-hybridized carbons (Fsp3) is 0.316. The first-order valence-electron chi connectivity index (χ1n) is 8.16. The zero-order chi connectivity index (χ0) is 18.4. The average Bonchev–Trinajstić information content (AvgIpc) is 2.57. The second kappa shape index (κ2) is 8.28. The summed E-state index contributed by atoms with van der Waals surface area (Å²) in [5.41, 5.74) is 0.976. The van der Waals surface area contributed by atoms with E-state index in [-0.39, 0.29) is 22.8 Å². The van der Waals surface area contributed by atoms with E-state index in [9.17, 15) is 20.1 Å². The topological polar surface area (TPSA) is 107 Å². The Balaban J connectivity index is 2.04. The van der Waals surface area contributed by atoms with E-state index >= 15 is 0 Å². The molecule has 2 aromatic carbocycles. The molecule has 0 unspecified atom stereocenters. The molecule has 0 aliphatic rings. The molecule has 6 heteroatoms. The molecule has 0 aliphatic carbocycles. The third kappa shape index (κ3) is 4.35. The lowest BCUT2D eigenvalue weighted by atomic mass is 10.0. The zero-order valence-electron chi connectivity index (χ0n) is 14.0. The van der Waals surface area contributed by atoms with Crippen molar-refractivity contribution in [3.63, 3.8) is 0 Å². The molecule has 0 atom stereocenters. The number of benzene rings is 2. The summed E-state index contributed by atoms with van der Waals surface area (Å²) in [4.78, 5) is 11.1. The molecule has 4 N–H and O–H groups in total. The minimum atomic E-state index is -1.18. The van der Waals surface area contributed by atoms with Crippen LogP contribution in [-0.2, 0) is 12.8 Å². The van der Waals surface area contributed by atoms with E-state index in [1.807, 2.05) is 6.92 Å². The normalized spacial score (nSPS) is 10.6. The largest absolute Gasteiger partial charge is 0.507 e. The number of aromatic carboxylic acids is 1. The van der Waals surface area contributed by atoms with Gasteiger partial charge < -0.3 is 25.2 Å². The van der Waals surface area contributed by atoms with Crippen molar-refractivity contribution < 1.29 is 30.0 Å². The quantitative estimate of drug-likeness (QED) is 0.431. The van der Waals surface area contributed by atoms with E-state index < -0.39 is 5.97 Å². The molecule has 0 aromatic heterocycles. The van der Waals surface area contributed by atoms with Crippen LogP contribution in [0.5, 0.6) is 23.0 Å². The van der Waals surface area contributed by atoms with Crippen LogP contribution in [0.3, 0.4) is 0 Å². The highest BCUT2D eigenvalue weighted by atomic mass is 16.5. The Morgan fingerprint density at radius 1 is 1.04 bits per heavy atom. The zero-order valence-corrected chi connectivity index (χ0v) is 14.0. The van der Waals surface area contributed by atoms with E-state index in [0.29, 0.717) is 42.7 Å². The van der Waals surface area contributed by atoms with E-state index in [1.54, 1.807) is 18.2 Å². The first-order chi connectivity index (χ1) is 12.0. The Hall–Kier alpha value is -2.89. The summed E-state index contributed by atoms with van der Waals surface area (Å²) in [6, 6.07) is 7.69. The number of carboxylic acids is 1. The predicted molar refractivity (Wildman–Crippen MR) is 92.6 cm³/mol. The summed E-state index contributed by atoms with van der Waals surface area (Å²) in [5.74, 6) is -1.25. The Morgan fingerprint density at radius 2 is 1.80 bits per heavy atom. The van der Waals surface area contributed by atoms with Gasteiger partial charge in [-0.3, -0.25) is 0 Å². The fourth-order valence-corrected chi connectivity index (χ4v) is 2.64. The van der Waals surface area contributed by atoms with Gasteiger partial charge in [-0.25, -0.2) is 4.79 Å². The molecule has 134 valence electrons. The number of hydrogen-bond acceptors (Lipinski definition) is 5. The van der Waals surface area contributed by atoms with E-state index in [2.05, 4.69) is 0 Å². The van der Waals surface area contributed by atoms with Crippen LogP contribution in [-0.4, -0.2) is 33.0 Å². The van der Waals surface area contributed by atoms with Gasteiger partial charge in [0.2, 0.25) is 0 Å². The first-order valence-corrected chi connectivity index (χ1v) is 8.16. The highest BCUT2D eigenvalue weighted by molar-refractivity contribution is 5.91. The fourth-order valence-electron chi connectivity index (χ4n) is 2.64. The number of hydrogen-bond donors (Lipinski definition) is 4. The van der Waals surface area contributed by atoms with Crippen LogP contribution >= 0.6 is 0 Å². The molecule has 0 aliphatic heterocycles. The first kappa shape index (κ1) is 18.4. The Bertz CT molecular complexity index is 754. The predicted octanol–water partition coefficient (Wildman–Crippen LogP) is 3.47. The van der Waals surface area contributed by atoms with E-state index in [4.69, 9.17) is 9.84 Å². The number of carbonyl (C=O) groups is 1. The Kier molecular flexibility index (Phi) is 6.11. The summed E-state index contributed by atoms with van der Waals surface area (Å²) in [6.07, 6.45) is 2.35. The van der Waals surface area contributed by atoms with Gasteiger partial charge in [-0.2, -0.15) is 0 Å². The molecule has 0 amide bonds. The van der Waals surface area contributed by atoms with Gasteiger partial charge in [-0.15, -0.1) is 0 Å². The molecule has 0 saturated carbocycles. The maximum atomic E-state index is 11.1. The van der Waals surface area contributed by atoms with Crippen LogP contribution in [0.15, 0.2) is 30.3 Å². The summed E-state index contributed by atoms with van der Waals surface area (Å²) < 4.78 is 5.70. The molecular formula is C19H22O6. The molecular weight excluding hydrogens is 324 g/mol. The smallest absolute Gasteiger partial charge is 0.339 e. The number of aromatic hydroxyl groups is 3. The van der Waals surface area contributed by atoms with Crippen LogP contribution in [0.1, 0.15) is 41.3 Å². The molecule has 6 nitrogen and oxygen atoms in total. The van der Waals surface area contributed by atoms with Crippen molar-refractivity contribution in [3.8, 4) is 23.0 Å². The maximum absolute atomic E-state index is 11.1. The van der Waals surface area contributed by atoms with Crippen molar-refractivity contribution in [3.05, 3.63) is 47.0 Å². The highest BCUT2D eigenvalue weighted by Crippen LogP contribution is 2.33. The van der Waals surface area contributed by atoms with E-state index in [1.165, 1.54) is 12.1 Å². The summed E-state index contributed by atoms with van der Waals surface area (Å²) >= 11 is 0. The van der Waals surface area contributed by atoms with Crippen molar-refractivity contribution in [1.82, 2.24) is 0 Å². The summed E-state index contributed by atoms with van der Waals surface area (Å²) in [5, 5.41) is 38.5. The molecule has 0 spiro atoms. The molecule has 0 saturated heterocycles. The van der Waals surface area contributed by atoms with Crippen LogP contribution in [0.2, 0.25) is 0 Å². The van der Waals surface area contributed by atoms with Gasteiger partial charge in [-0.1, -0.05) is 25.5 Å². The maximum Gasteiger partial charge on any atom is 0.339 e. The average molecular weight is 346 g/mol. The summed E-state index contributed by atoms with van der Waals surface area (Å²) in [7, 11) is 0. The number of ether oxygens (including phenoxy) is 1. The van der Waals surface area contributed by atoms with E-state index in [0.717, 1.165) is 6.42 Å². The van der Waals surface area contributed by atoms with Crippen LogP contribution in [0.25, 0.3) is 0 Å². The monoisotopic (exact) mass is 346 g/mol. The van der Waals surface area contributed by atoms with Crippen LogP contribution in [0, 0.1) is 0 Å². The number of rotatable bonds is 8. The van der Waals surface area contributed by atoms with Crippen molar-refractivity contribution in [2.75, 3.05) is 6.61 Å². The van der Waals surface area contributed by atoms with Gasteiger partial charge in [0.25, 0.3) is 0 Å². The van der Waals surface area contributed by atoms with Gasteiger partial charge in [0.1, 0.15) is 17.1 Å². The summed E-state index contributed by atoms with van der Waals surface area (Å²) in [6.45, 7) is 2.26. The van der Waals surface area contributed by atoms with Crippen LogP contribution < -0.4 is 4.74 Å². The molecule has 2 rings (SSSR count). The lowest BCUT2D eigenvalue weighted by molar-refractivity contribution is 0.0693. The van der Waals surface area contributed by atoms with Gasteiger partial charge >= 0.3 is 5.97 Å². The third-order valence-corrected chi connectivity index (χ3v) is 3.92. The minimum absolute atomic E-state index is 0.127. The molecule has 0 fully saturated rings.